The van der Waals surface area contributed by atoms with Gasteiger partial charge in [-0.1, -0.05) is 0 Å². The molecule has 0 aromatic rings. The predicted molar refractivity (Wildman–Crippen MR) is 15.4 cm³/mol. The zero-order chi connectivity index (χ0) is 3.41. The van der Waals surface area contributed by atoms with Gasteiger partial charge in [0.15, 0.2) is 0 Å². The molecule has 0 atom stereocenters. The Labute approximate surface area is 31.1 Å². The topological polar surface area (TPSA) is 34.1 Å². The van der Waals surface area contributed by atoms with Crippen molar-refractivity contribution in [1.82, 2.24) is 0 Å². The Hall–Kier alpha value is 0.443. The van der Waals surface area contributed by atoms with Gasteiger partial charge < -0.3 is 0 Å². The predicted octanol–water partition coefficient (Wildman–Crippen LogP) is -0.0249. The van der Waals surface area contributed by atoms with Crippen molar-refractivity contribution in [3.05, 3.63) is 0 Å². The summed E-state index contributed by atoms with van der Waals surface area (Å²) in [6, 6.07) is 0. The van der Waals surface area contributed by atoms with Crippen LogP contribution in [0.5, 0.6) is 0 Å². The van der Waals surface area contributed by atoms with E-state index in [0.29, 0.717) is 0 Å². The quantitative estimate of drug-likeness (QED) is 0.375. The summed E-state index contributed by atoms with van der Waals surface area (Å²) in [7, 11) is -0.151. The van der Waals surface area contributed by atoms with E-state index >= 15 is 0 Å². The van der Waals surface area contributed by atoms with Gasteiger partial charge in [0.25, 0.3) is 0 Å². The molecule has 22 valence electrons. The minimum atomic E-state index is -1.52. The van der Waals surface area contributed by atoms with Crippen molar-refractivity contribution >= 4 is 22.0 Å². The van der Waals surface area contributed by atoms with Gasteiger partial charge in [0.2, 0.25) is 0 Å². The third-order valence-corrected chi connectivity index (χ3v) is 0.671. The molecule has 0 amide bonds. The molecule has 0 heterocycles. The van der Waals surface area contributed by atoms with E-state index in [1.807, 2.05) is 0 Å². The van der Waals surface area contributed by atoms with Crippen LogP contribution in [0.3, 0.4) is 0 Å². The average molecular weight is 137 g/mol. The number of hydrogen-bond donors (Lipinski definition) is 0. The third kappa shape index (κ3) is 2.44. The zero-order valence-corrected chi connectivity index (χ0v) is 5.16. The van der Waals surface area contributed by atoms with Crippen LogP contribution < -0.4 is 0 Å². The molecule has 0 aliphatic rings. The number of hydrogen-bond acceptors (Lipinski definition) is 2. The third-order valence-electron chi connectivity index (χ3n) is 0.0430. The Morgan fingerprint density at radius 1 is 1.75 bits per heavy atom. The van der Waals surface area contributed by atoms with Gasteiger partial charge in [0.1, 0.15) is 0 Å². The van der Waals surface area contributed by atoms with Crippen LogP contribution in [-0.4, -0.2) is 14.9 Å². The van der Waals surface area contributed by atoms with Gasteiger partial charge in [-0.25, -0.2) is 0 Å². The molecular formula is HGeO2P. The van der Waals surface area contributed by atoms with Crippen LogP contribution in [0, 0.1) is 0 Å². The molecule has 0 aromatic carbocycles. The Morgan fingerprint density at radius 3 is 2.00 bits per heavy atom. The Kier molecular flexibility index (Phi) is 3.82. The molecule has 2 nitrogen and oxygen atoms in total. The van der Waals surface area contributed by atoms with E-state index in [1.165, 1.54) is 0 Å². The van der Waals surface area contributed by atoms with Gasteiger partial charge in [-0.2, -0.15) is 0 Å². The Balaban J connectivity index is 2.73. The second-order valence-electron chi connectivity index (χ2n) is 0.211. The molecule has 0 bridgehead atoms. The van der Waals surface area contributed by atoms with Crippen LogP contribution in [0.2, 0.25) is 0 Å². The summed E-state index contributed by atoms with van der Waals surface area (Å²) in [5.74, 6) is 0. The van der Waals surface area contributed by atoms with Crippen molar-refractivity contribution in [2.24, 2.45) is 0 Å². The monoisotopic (exact) mass is 138 g/mol. The first-order valence-corrected chi connectivity index (χ1v) is 5.80. The van der Waals surface area contributed by atoms with Crippen LogP contribution in [0.15, 0.2) is 0 Å². The molecule has 0 aliphatic carbocycles. The first kappa shape index (κ1) is 4.44. The van der Waals surface area contributed by atoms with Crippen LogP contribution in [0.1, 0.15) is 0 Å². The standard InChI is InChI=1S/GeHO2P/c2-1-4-3/h1H. The Bertz CT molecular complexity index is 27.0. The van der Waals surface area contributed by atoms with E-state index < -0.39 is 14.9 Å². The van der Waals surface area contributed by atoms with Crippen LogP contribution >= 0.6 is 7.07 Å². The maximum absolute atomic E-state index is 9.13. The SMILES string of the molecule is O=[P][GeH]=[O]. The summed E-state index contributed by atoms with van der Waals surface area (Å²) in [4.78, 5) is 0. The molecule has 0 saturated carbocycles. The summed E-state index contributed by atoms with van der Waals surface area (Å²) in [5, 5.41) is 0. The molecular weight excluding hydrogens is 136 g/mol. The van der Waals surface area contributed by atoms with E-state index in [9.17, 15) is 0 Å². The van der Waals surface area contributed by atoms with Crippen molar-refractivity contribution in [1.29, 1.82) is 0 Å². The Morgan fingerprint density at radius 2 is 2.00 bits per heavy atom. The summed E-state index contributed by atoms with van der Waals surface area (Å²) >= 11 is -1.52. The summed E-state index contributed by atoms with van der Waals surface area (Å²) in [6.45, 7) is 0. The summed E-state index contributed by atoms with van der Waals surface area (Å²) in [5.41, 5.74) is 0. The average Bonchev–Trinajstić information content (AvgIpc) is 1.37. The van der Waals surface area contributed by atoms with Crippen LogP contribution in [-0.2, 0) is 8.34 Å². The molecule has 0 spiro atoms. The van der Waals surface area contributed by atoms with Gasteiger partial charge in [-0.3, -0.25) is 0 Å². The van der Waals surface area contributed by atoms with Crippen LogP contribution in [0.25, 0.3) is 0 Å². The maximum atomic E-state index is 9.13. The van der Waals surface area contributed by atoms with Crippen molar-refractivity contribution in [3.8, 4) is 0 Å². The summed E-state index contributed by atoms with van der Waals surface area (Å²) in [6.07, 6.45) is 0. The van der Waals surface area contributed by atoms with Crippen molar-refractivity contribution in [3.63, 3.8) is 0 Å². The molecule has 4 heavy (non-hydrogen) atoms. The minimum absolute atomic E-state index is 0.151. The van der Waals surface area contributed by atoms with Crippen molar-refractivity contribution in [2.45, 2.75) is 0 Å². The van der Waals surface area contributed by atoms with Crippen LogP contribution in [0.4, 0.5) is 0 Å². The van der Waals surface area contributed by atoms with Gasteiger partial charge in [0.05, 0.1) is 0 Å². The molecule has 4 heteroatoms. The molecule has 0 fully saturated rings. The second kappa shape index (κ2) is 3.44. The van der Waals surface area contributed by atoms with E-state index in [1.54, 1.807) is 0 Å². The van der Waals surface area contributed by atoms with Crippen molar-refractivity contribution in [2.75, 3.05) is 0 Å². The van der Waals surface area contributed by atoms with Gasteiger partial charge in [0, 0.05) is 0 Å². The van der Waals surface area contributed by atoms with Gasteiger partial charge >= 0.3 is 30.3 Å². The first-order valence-electron chi connectivity index (χ1n) is 0.676. The molecule has 0 saturated heterocycles. The molecule has 0 aliphatic heterocycles. The van der Waals surface area contributed by atoms with Crippen molar-refractivity contribution < 1.29 is 8.34 Å². The first-order chi connectivity index (χ1) is 1.91. The number of rotatable bonds is 1. The molecule has 0 rings (SSSR count). The molecule has 0 aromatic heterocycles. The fourth-order valence-corrected chi connectivity index (χ4v) is 0. The van der Waals surface area contributed by atoms with E-state index in [2.05, 4.69) is 0 Å². The molecule has 0 unspecified atom stereocenters. The zero-order valence-electron chi connectivity index (χ0n) is 1.84. The van der Waals surface area contributed by atoms with Gasteiger partial charge in [-0.05, 0) is 0 Å². The fraction of sp³-hybridized carbons (Fsp3) is 0. The normalized spacial score (nSPS) is 7.00. The van der Waals surface area contributed by atoms with E-state index in [0.717, 1.165) is 0 Å². The second-order valence-corrected chi connectivity index (χ2v) is 3.29. The van der Waals surface area contributed by atoms with E-state index in [4.69, 9.17) is 8.34 Å². The van der Waals surface area contributed by atoms with Gasteiger partial charge in [-0.15, -0.1) is 0 Å². The summed E-state index contributed by atoms with van der Waals surface area (Å²) < 4.78 is 18.2. The van der Waals surface area contributed by atoms with E-state index in [-0.39, 0.29) is 7.07 Å². The molecule has 0 radical (unpaired) electrons. The fourth-order valence-electron chi connectivity index (χ4n) is 0. The molecule has 0 N–H and O–H groups in total.